The van der Waals surface area contributed by atoms with E-state index in [1.807, 2.05) is 18.2 Å². The maximum Gasteiger partial charge on any atom is 0.276 e. The molecular formula is C23H24BFN5+. The van der Waals surface area contributed by atoms with Crippen molar-refractivity contribution in [3.8, 4) is 12.0 Å². The van der Waals surface area contributed by atoms with Gasteiger partial charge >= 0.3 is 0 Å². The number of nitrogens with two attached hydrogens (primary N) is 1. The summed E-state index contributed by atoms with van der Waals surface area (Å²) < 4.78 is 14.6. The normalized spacial score (nSPS) is 26.3. The Morgan fingerprint density at radius 3 is 2.67 bits per heavy atom. The van der Waals surface area contributed by atoms with Crippen LogP contribution in [-0.2, 0) is 5.54 Å². The number of hydrogen-bond acceptors (Lipinski definition) is 4. The SMILES string of the molecule is CC1(c2ccc(F)c(C#N)c2)C2CCB(C#N)C2c2c(ccc(N)c2C=N)[N+]1(C)C. The fourth-order valence-corrected chi connectivity index (χ4v) is 5.94. The number of nitrogens with zero attached hydrogens (tertiary/aromatic N) is 3. The minimum Gasteiger partial charge on any atom is -0.398 e. The smallest absolute Gasteiger partial charge is 0.276 e. The minimum absolute atomic E-state index is 0.0309. The molecule has 150 valence electrons. The van der Waals surface area contributed by atoms with Gasteiger partial charge in [0.15, 0.2) is 0 Å². The van der Waals surface area contributed by atoms with Crippen LogP contribution in [0, 0.1) is 39.7 Å². The van der Waals surface area contributed by atoms with E-state index in [0.717, 1.165) is 29.6 Å². The molecule has 0 aromatic heterocycles. The quantitative estimate of drug-likeness (QED) is 0.345. The lowest BCUT2D eigenvalue weighted by Gasteiger charge is -2.56. The van der Waals surface area contributed by atoms with Gasteiger partial charge in [-0.15, -0.1) is 0 Å². The Labute approximate surface area is 176 Å². The van der Waals surface area contributed by atoms with Gasteiger partial charge in [-0.25, -0.2) is 9.65 Å². The summed E-state index contributed by atoms with van der Waals surface area (Å²) in [6.07, 6.45) is 2.90. The van der Waals surface area contributed by atoms with E-state index >= 15 is 0 Å². The van der Waals surface area contributed by atoms with Crippen LogP contribution in [0.2, 0.25) is 6.32 Å². The highest BCUT2D eigenvalue weighted by atomic mass is 19.1. The van der Waals surface area contributed by atoms with Crippen molar-refractivity contribution in [2.75, 3.05) is 19.8 Å². The highest BCUT2D eigenvalue weighted by Crippen LogP contribution is 2.61. The summed E-state index contributed by atoms with van der Waals surface area (Å²) in [5, 5.41) is 27.3. The Morgan fingerprint density at radius 2 is 2.03 bits per heavy atom. The molecule has 0 spiro atoms. The second-order valence-corrected chi connectivity index (χ2v) is 9.00. The lowest BCUT2D eigenvalue weighted by atomic mass is 9.39. The van der Waals surface area contributed by atoms with Gasteiger partial charge in [0.1, 0.15) is 23.1 Å². The third-order valence-electron chi connectivity index (χ3n) is 7.75. The second-order valence-electron chi connectivity index (χ2n) is 9.00. The molecule has 2 aromatic carbocycles. The molecule has 3 N–H and O–H groups in total. The van der Waals surface area contributed by atoms with Crippen LogP contribution in [-0.4, -0.2) is 27.0 Å². The Hall–Kier alpha value is -3.16. The topological polar surface area (TPSA) is 97.4 Å². The molecule has 2 heterocycles. The van der Waals surface area contributed by atoms with E-state index in [1.54, 1.807) is 12.1 Å². The summed E-state index contributed by atoms with van der Waals surface area (Å²) in [6.45, 7) is 1.98. The van der Waals surface area contributed by atoms with E-state index < -0.39 is 11.4 Å². The van der Waals surface area contributed by atoms with Crippen LogP contribution in [0.5, 0.6) is 0 Å². The molecule has 2 aliphatic heterocycles. The Bertz CT molecular complexity index is 1150. The van der Waals surface area contributed by atoms with Gasteiger partial charge in [0, 0.05) is 46.5 Å². The zero-order chi connectivity index (χ0) is 21.8. The number of benzene rings is 2. The predicted molar refractivity (Wildman–Crippen MR) is 118 cm³/mol. The van der Waals surface area contributed by atoms with Gasteiger partial charge in [-0.05, 0) is 43.4 Å². The largest absolute Gasteiger partial charge is 0.398 e. The van der Waals surface area contributed by atoms with E-state index in [1.165, 1.54) is 12.3 Å². The number of hydrogen-bond donors (Lipinski definition) is 2. The second kappa shape index (κ2) is 6.69. The molecule has 0 radical (unpaired) electrons. The molecule has 0 bridgehead atoms. The summed E-state index contributed by atoms with van der Waals surface area (Å²) in [6, 6.07) is 10.6. The van der Waals surface area contributed by atoms with Gasteiger partial charge < -0.3 is 11.1 Å². The summed E-state index contributed by atoms with van der Waals surface area (Å²) in [5.41, 5.74) is 9.89. The molecule has 0 saturated carbocycles. The number of halogens is 1. The first-order valence-electron chi connectivity index (χ1n) is 10.1. The minimum atomic E-state index is -0.525. The summed E-state index contributed by atoms with van der Waals surface area (Å²) in [5.74, 6) is 1.98. The van der Waals surface area contributed by atoms with Crippen molar-refractivity contribution in [2.45, 2.75) is 31.0 Å². The molecule has 1 fully saturated rings. The molecular weight excluding hydrogens is 376 g/mol. The van der Waals surface area contributed by atoms with E-state index in [-0.39, 0.29) is 24.0 Å². The Kier molecular flexibility index (Phi) is 4.49. The van der Waals surface area contributed by atoms with Crippen molar-refractivity contribution in [3.63, 3.8) is 0 Å². The van der Waals surface area contributed by atoms with Crippen molar-refractivity contribution < 1.29 is 4.39 Å². The lowest BCUT2D eigenvalue weighted by molar-refractivity contribution is 0.0808. The Balaban J connectivity index is 2.07. The number of nitrogens with one attached hydrogen (secondary N) is 1. The number of anilines is 1. The van der Waals surface area contributed by atoms with Crippen molar-refractivity contribution in [1.82, 2.24) is 4.48 Å². The van der Waals surface area contributed by atoms with Crippen LogP contribution in [0.3, 0.4) is 0 Å². The van der Waals surface area contributed by atoms with Gasteiger partial charge in [-0.3, -0.25) is 4.48 Å². The molecule has 2 aliphatic rings. The van der Waals surface area contributed by atoms with Gasteiger partial charge in [-0.1, -0.05) is 6.32 Å². The van der Waals surface area contributed by atoms with Crippen LogP contribution in [0.25, 0.3) is 0 Å². The zero-order valence-electron chi connectivity index (χ0n) is 17.4. The first kappa shape index (κ1) is 20.1. The third kappa shape index (κ3) is 2.39. The zero-order valence-corrected chi connectivity index (χ0v) is 17.4. The first-order chi connectivity index (χ1) is 14.2. The standard InChI is InChI=1S/C23H24BFN5/c1-23(15-4-5-18(25)14(10-15)11-26)17-8-9-24(13-28)22(17)21-16(12-27)19(29)6-7-20(21)30(23,2)3/h4-7,10,12,17,22,27H,8-9,29H2,1-3H3/q+1. The van der Waals surface area contributed by atoms with Crippen molar-refractivity contribution in [1.29, 1.82) is 15.9 Å². The highest BCUT2D eigenvalue weighted by Gasteiger charge is 2.63. The maximum atomic E-state index is 14.1. The summed E-state index contributed by atoms with van der Waals surface area (Å²) >= 11 is 0. The molecule has 0 aliphatic carbocycles. The molecule has 30 heavy (non-hydrogen) atoms. The average molecular weight is 400 g/mol. The molecule has 2 aromatic rings. The van der Waals surface area contributed by atoms with Crippen LogP contribution in [0.15, 0.2) is 30.3 Å². The average Bonchev–Trinajstić information content (AvgIpc) is 3.16. The molecule has 4 rings (SSSR count). The van der Waals surface area contributed by atoms with Crippen molar-refractivity contribution in [2.24, 2.45) is 5.92 Å². The molecule has 3 unspecified atom stereocenters. The van der Waals surface area contributed by atoms with Crippen molar-refractivity contribution >= 4 is 24.3 Å². The van der Waals surface area contributed by atoms with E-state index in [4.69, 9.17) is 11.1 Å². The maximum absolute atomic E-state index is 14.1. The van der Waals surface area contributed by atoms with Crippen LogP contribution in [0.4, 0.5) is 15.8 Å². The number of rotatable bonds is 2. The molecule has 3 atom stereocenters. The molecule has 1 saturated heterocycles. The summed E-state index contributed by atoms with van der Waals surface area (Å²) in [7, 11) is 4.21. The summed E-state index contributed by atoms with van der Waals surface area (Å²) in [4.78, 5) is 0. The molecule has 0 amide bonds. The lowest BCUT2D eigenvalue weighted by Crippen LogP contribution is -2.64. The fourth-order valence-electron chi connectivity index (χ4n) is 5.94. The number of fused-ring (bicyclic) bond motifs is 3. The fraction of sp³-hybridized carbons (Fsp3) is 0.348. The van der Waals surface area contributed by atoms with Crippen LogP contribution < -0.4 is 10.2 Å². The predicted octanol–water partition coefficient (Wildman–Crippen LogP) is 3.97. The number of nitrogen functional groups attached to an aromatic ring is 1. The van der Waals surface area contributed by atoms with Crippen LogP contribution >= 0.6 is 0 Å². The van der Waals surface area contributed by atoms with E-state index in [0.29, 0.717) is 15.7 Å². The number of nitriles is 2. The number of quaternary nitrogens is 1. The molecule has 5 nitrogen and oxygen atoms in total. The van der Waals surface area contributed by atoms with Gasteiger partial charge in [-0.2, -0.15) is 5.26 Å². The van der Waals surface area contributed by atoms with Crippen LogP contribution in [0.1, 0.15) is 41.4 Å². The Morgan fingerprint density at radius 1 is 1.30 bits per heavy atom. The highest BCUT2D eigenvalue weighted by molar-refractivity contribution is 6.69. The monoisotopic (exact) mass is 400 g/mol. The van der Waals surface area contributed by atoms with Gasteiger partial charge in [0.05, 0.1) is 19.7 Å². The third-order valence-corrected chi connectivity index (χ3v) is 7.75. The van der Waals surface area contributed by atoms with Gasteiger partial charge in [0.25, 0.3) is 6.71 Å². The van der Waals surface area contributed by atoms with Gasteiger partial charge in [0.2, 0.25) is 0 Å². The van der Waals surface area contributed by atoms with E-state index in [9.17, 15) is 14.9 Å². The molecule has 7 heteroatoms. The van der Waals surface area contributed by atoms with Crippen molar-refractivity contribution in [3.05, 3.63) is 58.4 Å². The first-order valence-corrected chi connectivity index (χ1v) is 10.1. The van der Waals surface area contributed by atoms with E-state index in [2.05, 4.69) is 27.0 Å².